The van der Waals surface area contributed by atoms with Crippen LogP contribution in [0.5, 0.6) is 28.7 Å². The van der Waals surface area contributed by atoms with Crippen molar-refractivity contribution in [1.82, 2.24) is 0 Å². The molecule has 44 heavy (non-hydrogen) atoms. The van der Waals surface area contributed by atoms with Crippen LogP contribution in [0.2, 0.25) is 0 Å². The molecule has 2 aliphatic rings. The number of hydrogen-bond acceptors (Lipinski definition) is 6. The minimum Gasteiger partial charge on any atom is -0.504 e. The van der Waals surface area contributed by atoms with E-state index in [9.17, 15) is 5.11 Å². The average molecular weight is 587 g/mol. The highest BCUT2D eigenvalue weighted by Gasteiger charge is 2.48. The molecule has 0 saturated carbocycles. The molecule has 0 bridgehead atoms. The molecule has 5 aromatic rings. The summed E-state index contributed by atoms with van der Waals surface area (Å²) in [5, 5.41) is 12.8. The molecule has 6 nitrogen and oxygen atoms in total. The van der Waals surface area contributed by atoms with E-state index in [2.05, 4.69) is 31.2 Å². The molecule has 0 radical (unpaired) electrons. The van der Waals surface area contributed by atoms with E-state index in [-0.39, 0.29) is 5.75 Å². The summed E-state index contributed by atoms with van der Waals surface area (Å²) in [5.41, 5.74) is 5.37. The minimum absolute atomic E-state index is 0.0639. The van der Waals surface area contributed by atoms with Gasteiger partial charge in [-0.25, -0.2) is 0 Å². The molecule has 6 heteroatoms. The van der Waals surface area contributed by atoms with Crippen LogP contribution in [0.25, 0.3) is 28.0 Å². The Morgan fingerprint density at radius 2 is 1.39 bits per heavy atom. The van der Waals surface area contributed by atoms with E-state index < -0.39 is 11.2 Å². The molecule has 1 heterocycles. The molecule has 5 aromatic carbocycles. The van der Waals surface area contributed by atoms with Crippen molar-refractivity contribution in [1.29, 1.82) is 0 Å². The number of hydrogen-bond donors (Lipinski definition) is 1. The minimum atomic E-state index is -0.981. The zero-order valence-corrected chi connectivity index (χ0v) is 25.4. The van der Waals surface area contributed by atoms with Crippen molar-refractivity contribution in [3.63, 3.8) is 0 Å². The first kappa shape index (κ1) is 27.9. The summed E-state index contributed by atoms with van der Waals surface area (Å²) >= 11 is 0. The zero-order valence-electron chi connectivity index (χ0n) is 25.4. The lowest BCUT2D eigenvalue weighted by Gasteiger charge is -2.39. The Morgan fingerprint density at radius 3 is 1.95 bits per heavy atom. The van der Waals surface area contributed by atoms with Gasteiger partial charge in [0.2, 0.25) is 0 Å². The molecule has 1 N–H and O–H groups in total. The van der Waals surface area contributed by atoms with Gasteiger partial charge in [0.25, 0.3) is 0 Å². The fourth-order valence-corrected chi connectivity index (χ4v) is 7.08. The lowest BCUT2D eigenvalue weighted by Crippen LogP contribution is -2.35. The number of phenolic OH excluding ortho intramolecular Hbond substituents is 1. The number of benzene rings is 5. The van der Waals surface area contributed by atoms with Crippen LogP contribution < -0.4 is 18.9 Å². The summed E-state index contributed by atoms with van der Waals surface area (Å²) in [6.07, 6.45) is 5.01. The van der Waals surface area contributed by atoms with Crippen LogP contribution in [0.4, 0.5) is 0 Å². The number of fused-ring (bicyclic) bond motifs is 8. The second-order valence-corrected chi connectivity index (χ2v) is 11.1. The maximum atomic E-state index is 11.1. The Morgan fingerprint density at radius 1 is 0.750 bits per heavy atom. The molecule has 0 amide bonds. The van der Waals surface area contributed by atoms with Crippen molar-refractivity contribution < 1.29 is 28.8 Å². The fraction of sp³-hybridized carbons (Fsp3) is 0.211. The van der Waals surface area contributed by atoms with Crippen LogP contribution in [0.3, 0.4) is 0 Å². The molecule has 0 spiro atoms. The van der Waals surface area contributed by atoms with E-state index in [1.54, 1.807) is 34.5 Å². The third-order valence-electron chi connectivity index (χ3n) is 9.26. The maximum Gasteiger partial charge on any atom is 0.178 e. The van der Waals surface area contributed by atoms with Crippen LogP contribution in [0, 0.1) is 0 Å². The second kappa shape index (κ2) is 10.4. The molecule has 1 aliphatic carbocycles. The van der Waals surface area contributed by atoms with Gasteiger partial charge in [0.15, 0.2) is 17.1 Å². The van der Waals surface area contributed by atoms with Crippen LogP contribution >= 0.6 is 0 Å². The smallest absolute Gasteiger partial charge is 0.178 e. The summed E-state index contributed by atoms with van der Waals surface area (Å²) < 4.78 is 30.4. The first-order valence-electron chi connectivity index (χ1n) is 14.7. The molecule has 0 saturated heterocycles. The van der Waals surface area contributed by atoms with Gasteiger partial charge < -0.3 is 28.8 Å². The van der Waals surface area contributed by atoms with E-state index in [0.717, 1.165) is 61.2 Å². The van der Waals surface area contributed by atoms with E-state index in [1.807, 2.05) is 66.7 Å². The van der Waals surface area contributed by atoms with Crippen LogP contribution in [-0.2, 0) is 15.9 Å². The Labute approximate surface area is 257 Å². The first-order chi connectivity index (χ1) is 21.4. The SMILES string of the molecule is CCC1(OC)c2ccccc2-c2c1c1c(c3cc(OC)c(O)cc23)OC(c2ccc(OC)cc2)(c2ccc(OC)cc2)C=C1. The van der Waals surface area contributed by atoms with Crippen LogP contribution in [-0.4, -0.2) is 33.5 Å². The Balaban J connectivity index is 1.58. The number of ether oxygens (including phenoxy) is 5. The summed E-state index contributed by atoms with van der Waals surface area (Å²) in [7, 11) is 6.64. The first-order valence-corrected chi connectivity index (χ1v) is 14.7. The molecular weight excluding hydrogens is 552 g/mol. The third-order valence-corrected chi connectivity index (χ3v) is 9.26. The van der Waals surface area contributed by atoms with Crippen molar-refractivity contribution >= 4 is 16.8 Å². The highest BCUT2D eigenvalue weighted by molar-refractivity contribution is 6.09. The topological polar surface area (TPSA) is 66.4 Å². The standard InChI is InChI=1S/C38H34O6/c1-6-37(43-5)31-10-8-7-9-27(31)34-29-21-32(39)33(42-4)22-30(29)36-28(35(34)37)19-20-38(44-36,23-11-15-25(40-2)16-12-23)24-13-17-26(41-3)18-14-24/h7-22,39H,6H2,1-5H3. The Hall–Kier alpha value is -4.94. The van der Waals surface area contributed by atoms with Crippen LogP contribution in [0.15, 0.2) is 91.0 Å². The van der Waals surface area contributed by atoms with Crippen molar-refractivity contribution in [2.45, 2.75) is 24.5 Å². The predicted octanol–water partition coefficient (Wildman–Crippen LogP) is 8.20. The van der Waals surface area contributed by atoms with Gasteiger partial charge in [-0.05, 0) is 71.0 Å². The average Bonchev–Trinajstić information content (AvgIpc) is 3.38. The summed E-state index contributed by atoms with van der Waals surface area (Å²) in [6, 6.07) is 27.9. The van der Waals surface area contributed by atoms with Crippen molar-refractivity contribution in [2.75, 3.05) is 28.4 Å². The molecule has 1 aliphatic heterocycles. The van der Waals surface area contributed by atoms with Gasteiger partial charge >= 0.3 is 0 Å². The maximum absolute atomic E-state index is 11.1. The van der Waals surface area contributed by atoms with Gasteiger partial charge in [-0.2, -0.15) is 0 Å². The quantitative estimate of drug-likeness (QED) is 0.207. The summed E-state index contributed by atoms with van der Waals surface area (Å²) in [5.74, 6) is 2.64. The monoisotopic (exact) mass is 586 g/mol. The lowest BCUT2D eigenvalue weighted by atomic mass is 9.79. The third kappa shape index (κ3) is 3.77. The van der Waals surface area contributed by atoms with Gasteiger partial charge in [-0.1, -0.05) is 61.5 Å². The normalized spacial score (nSPS) is 17.4. The second-order valence-electron chi connectivity index (χ2n) is 11.1. The van der Waals surface area contributed by atoms with Gasteiger partial charge in [0.1, 0.15) is 22.8 Å². The number of phenols is 1. The zero-order chi connectivity index (χ0) is 30.6. The van der Waals surface area contributed by atoms with Crippen LogP contribution in [0.1, 0.15) is 41.2 Å². The number of aromatic hydroxyl groups is 1. The highest BCUT2D eigenvalue weighted by atomic mass is 16.5. The Kier molecular flexibility index (Phi) is 6.56. The van der Waals surface area contributed by atoms with Gasteiger partial charge in [-0.15, -0.1) is 0 Å². The van der Waals surface area contributed by atoms with Crippen molar-refractivity contribution in [3.05, 3.63) is 119 Å². The van der Waals surface area contributed by atoms with E-state index in [0.29, 0.717) is 17.9 Å². The van der Waals surface area contributed by atoms with Gasteiger partial charge in [-0.3, -0.25) is 0 Å². The van der Waals surface area contributed by atoms with E-state index in [4.69, 9.17) is 23.7 Å². The molecule has 222 valence electrons. The molecule has 1 unspecified atom stereocenters. The van der Waals surface area contributed by atoms with Crippen molar-refractivity contribution in [3.8, 4) is 39.9 Å². The molecule has 0 fully saturated rings. The molecule has 1 atom stereocenters. The molecule has 0 aromatic heterocycles. The van der Waals surface area contributed by atoms with E-state index >= 15 is 0 Å². The van der Waals surface area contributed by atoms with Gasteiger partial charge in [0.05, 0.1) is 21.3 Å². The van der Waals surface area contributed by atoms with Gasteiger partial charge in [0, 0.05) is 34.7 Å². The largest absolute Gasteiger partial charge is 0.504 e. The lowest BCUT2D eigenvalue weighted by molar-refractivity contribution is 0.0219. The fourth-order valence-electron chi connectivity index (χ4n) is 7.08. The molecular formula is C38H34O6. The molecule has 7 rings (SSSR count). The number of rotatable bonds is 7. The van der Waals surface area contributed by atoms with E-state index in [1.165, 1.54) is 0 Å². The predicted molar refractivity (Wildman–Crippen MR) is 172 cm³/mol. The van der Waals surface area contributed by atoms with Crippen molar-refractivity contribution in [2.24, 2.45) is 0 Å². The highest BCUT2D eigenvalue weighted by Crippen LogP contribution is 2.60. The Bertz CT molecular complexity index is 1870. The number of methoxy groups -OCH3 is 4. The summed E-state index contributed by atoms with van der Waals surface area (Å²) in [6.45, 7) is 2.14. The summed E-state index contributed by atoms with van der Waals surface area (Å²) in [4.78, 5) is 0.